The smallest absolute Gasteiger partial charge is 0.343 e. The Labute approximate surface area is 189 Å². The molecule has 5 heteroatoms. The Morgan fingerprint density at radius 3 is 2.16 bits per heavy atom. The molecule has 168 valence electrons. The molecule has 0 amide bonds. The van der Waals surface area contributed by atoms with Crippen molar-refractivity contribution < 1.29 is 13.9 Å². The number of aryl methyl sites for hydroxylation is 2. The van der Waals surface area contributed by atoms with Gasteiger partial charge in [-0.15, -0.1) is 0 Å². The molecule has 3 aromatic rings. The summed E-state index contributed by atoms with van der Waals surface area (Å²) in [7, 11) is 0. The topological polar surface area (TPSA) is 52.1 Å². The predicted molar refractivity (Wildman–Crippen MR) is 125 cm³/mol. The third-order valence-electron chi connectivity index (χ3n) is 5.44. The molecule has 0 aliphatic heterocycles. The van der Waals surface area contributed by atoms with Crippen LogP contribution in [0.1, 0.15) is 73.9 Å². The highest BCUT2D eigenvalue weighted by Crippen LogP contribution is 2.21. The molecule has 0 aliphatic rings. The Balaban J connectivity index is 1.59. The summed E-state index contributed by atoms with van der Waals surface area (Å²) in [6.45, 7) is 4.30. The lowest BCUT2D eigenvalue weighted by molar-refractivity contribution is 0.0734. The molecule has 0 saturated heterocycles. The van der Waals surface area contributed by atoms with Crippen LogP contribution in [0.2, 0.25) is 0 Å². The van der Waals surface area contributed by atoms with Crippen molar-refractivity contribution in [1.29, 1.82) is 0 Å². The lowest BCUT2D eigenvalue weighted by Crippen LogP contribution is -2.09. The Morgan fingerprint density at radius 2 is 1.53 bits per heavy atom. The first-order chi connectivity index (χ1) is 15.6. The van der Waals surface area contributed by atoms with Gasteiger partial charge in [0.05, 0.1) is 5.56 Å². The summed E-state index contributed by atoms with van der Waals surface area (Å²) in [5.41, 5.74) is 2.99. The molecule has 3 rings (SSSR count). The van der Waals surface area contributed by atoms with Gasteiger partial charge in [-0.2, -0.15) is 0 Å². The average Bonchev–Trinajstić information content (AvgIpc) is 2.81. The number of rotatable bonds is 11. The highest BCUT2D eigenvalue weighted by Gasteiger charge is 2.12. The normalized spacial score (nSPS) is 10.8. The Morgan fingerprint density at radius 1 is 0.875 bits per heavy atom. The van der Waals surface area contributed by atoms with Crippen LogP contribution in [0.5, 0.6) is 5.75 Å². The number of halogens is 1. The zero-order chi connectivity index (χ0) is 22.8. The van der Waals surface area contributed by atoms with E-state index in [1.54, 1.807) is 36.4 Å². The van der Waals surface area contributed by atoms with Crippen molar-refractivity contribution in [1.82, 2.24) is 9.97 Å². The van der Waals surface area contributed by atoms with Gasteiger partial charge in [-0.3, -0.25) is 0 Å². The molecule has 0 unspecified atom stereocenters. The maximum atomic E-state index is 14.3. The van der Waals surface area contributed by atoms with E-state index in [0.717, 1.165) is 43.2 Å². The van der Waals surface area contributed by atoms with Gasteiger partial charge in [0.2, 0.25) is 0 Å². The van der Waals surface area contributed by atoms with Crippen LogP contribution in [0.4, 0.5) is 4.39 Å². The highest BCUT2D eigenvalue weighted by molar-refractivity contribution is 5.91. The fourth-order valence-corrected chi connectivity index (χ4v) is 3.49. The van der Waals surface area contributed by atoms with Crippen LogP contribution < -0.4 is 4.74 Å². The van der Waals surface area contributed by atoms with E-state index in [1.165, 1.54) is 18.9 Å². The Kier molecular flexibility index (Phi) is 8.90. The molecule has 32 heavy (non-hydrogen) atoms. The first-order valence-corrected chi connectivity index (χ1v) is 11.5. The number of benzene rings is 2. The summed E-state index contributed by atoms with van der Waals surface area (Å²) < 4.78 is 19.6. The molecular formula is C27H31FN2O2. The fraction of sp³-hybridized carbons (Fsp3) is 0.370. The molecule has 1 aromatic heterocycles. The maximum absolute atomic E-state index is 14.3. The summed E-state index contributed by atoms with van der Waals surface area (Å²) in [5.74, 6) is -0.0402. The van der Waals surface area contributed by atoms with Gasteiger partial charge in [-0.25, -0.2) is 19.2 Å². The standard InChI is InChI=1S/C27H31FN2O2/c1-3-5-7-9-20-18-29-26(30-19-20)22-11-13-23(14-12-22)27(31)32-24-16-15-21(25(28)17-24)10-8-6-4-2/h11-19H,3-10H2,1-2H3. The number of ether oxygens (including phenoxy) is 1. The summed E-state index contributed by atoms with van der Waals surface area (Å²) in [6.07, 6.45) is 12.0. The van der Waals surface area contributed by atoms with Gasteiger partial charge in [0.15, 0.2) is 5.82 Å². The molecule has 0 aliphatic carbocycles. The second-order valence-electron chi connectivity index (χ2n) is 8.05. The van der Waals surface area contributed by atoms with Crippen LogP contribution in [-0.4, -0.2) is 15.9 Å². The van der Waals surface area contributed by atoms with E-state index in [1.807, 2.05) is 12.4 Å². The third kappa shape index (κ3) is 6.71. The van der Waals surface area contributed by atoms with Crippen molar-refractivity contribution in [2.45, 2.75) is 65.2 Å². The third-order valence-corrected chi connectivity index (χ3v) is 5.44. The van der Waals surface area contributed by atoms with Gasteiger partial charge < -0.3 is 4.74 Å². The van der Waals surface area contributed by atoms with Crippen LogP contribution in [-0.2, 0) is 12.8 Å². The molecule has 0 N–H and O–H groups in total. The van der Waals surface area contributed by atoms with Crippen LogP contribution >= 0.6 is 0 Å². The van der Waals surface area contributed by atoms with Crippen molar-refractivity contribution in [3.05, 3.63) is 77.4 Å². The molecule has 0 spiro atoms. The number of esters is 1. The van der Waals surface area contributed by atoms with Gasteiger partial charge in [-0.1, -0.05) is 57.7 Å². The van der Waals surface area contributed by atoms with E-state index < -0.39 is 5.97 Å². The molecule has 0 radical (unpaired) electrons. The van der Waals surface area contributed by atoms with Gasteiger partial charge in [0.1, 0.15) is 11.6 Å². The first kappa shape index (κ1) is 23.6. The lowest BCUT2D eigenvalue weighted by Gasteiger charge is -2.08. The van der Waals surface area contributed by atoms with E-state index in [4.69, 9.17) is 4.74 Å². The van der Waals surface area contributed by atoms with E-state index in [9.17, 15) is 9.18 Å². The first-order valence-electron chi connectivity index (χ1n) is 11.5. The van der Waals surface area contributed by atoms with E-state index in [0.29, 0.717) is 23.4 Å². The zero-order valence-corrected chi connectivity index (χ0v) is 18.9. The number of hydrogen-bond donors (Lipinski definition) is 0. The summed E-state index contributed by atoms with van der Waals surface area (Å²) in [6, 6.07) is 11.5. The van der Waals surface area contributed by atoms with Crippen molar-refractivity contribution in [3.8, 4) is 17.1 Å². The zero-order valence-electron chi connectivity index (χ0n) is 18.9. The number of aromatic nitrogens is 2. The Bertz CT molecular complexity index is 1000. The minimum Gasteiger partial charge on any atom is -0.423 e. The van der Waals surface area contributed by atoms with Gasteiger partial charge in [0, 0.05) is 24.0 Å². The molecule has 0 bridgehead atoms. The number of carbonyl (C=O) groups is 1. The quantitative estimate of drug-likeness (QED) is 0.186. The van der Waals surface area contributed by atoms with Crippen LogP contribution in [0.25, 0.3) is 11.4 Å². The molecular weight excluding hydrogens is 403 g/mol. The molecule has 0 atom stereocenters. The van der Waals surface area contributed by atoms with Crippen molar-refractivity contribution >= 4 is 5.97 Å². The van der Waals surface area contributed by atoms with Crippen molar-refractivity contribution in [3.63, 3.8) is 0 Å². The monoisotopic (exact) mass is 434 g/mol. The minimum atomic E-state index is -0.526. The van der Waals surface area contributed by atoms with Crippen LogP contribution in [0.3, 0.4) is 0 Å². The second kappa shape index (κ2) is 12.1. The second-order valence-corrected chi connectivity index (χ2v) is 8.05. The number of nitrogens with zero attached hydrogens (tertiary/aromatic N) is 2. The number of carbonyl (C=O) groups excluding carboxylic acids is 1. The molecule has 0 saturated carbocycles. The maximum Gasteiger partial charge on any atom is 0.343 e. The van der Waals surface area contributed by atoms with E-state index in [-0.39, 0.29) is 11.6 Å². The van der Waals surface area contributed by atoms with Crippen molar-refractivity contribution in [2.24, 2.45) is 0 Å². The van der Waals surface area contributed by atoms with Gasteiger partial charge in [-0.05, 0) is 55.0 Å². The molecule has 4 nitrogen and oxygen atoms in total. The van der Waals surface area contributed by atoms with E-state index in [2.05, 4.69) is 23.8 Å². The number of hydrogen-bond acceptors (Lipinski definition) is 4. The fourth-order valence-electron chi connectivity index (χ4n) is 3.49. The summed E-state index contributed by atoms with van der Waals surface area (Å²) in [4.78, 5) is 21.4. The largest absolute Gasteiger partial charge is 0.423 e. The highest BCUT2D eigenvalue weighted by atomic mass is 19.1. The molecule has 1 heterocycles. The summed E-state index contributed by atoms with van der Waals surface area (Å²) in [5, 5.41) is 0. The van der Waals surface area contributed by atoms with Gasteiger partial charge in [0.25, 0.3) is 0 Å². The SMILES string of the molecule is CCCCCc1cnc(-c2ccc(C(=O)Oc3ccc(CCCCC)c(F)c3)cc2)nc1. The summed E-state index contributed by atoms with van der Waals surface area (Å²) >= 11 is 0. The van der Waals surface area contributed by atoms with Crippen LogP contribution in [0, 0.1) is 5.82 Å². The molecule has 0 fully saturated rings. The van der Waals surface area contributed by atoms with E-state index >= 15 is 0 Å². The minimum absolute atomic E-state index is 0.206. The van der Waals surface area contributed by atoms with Crippen molar-refractivity contribution in [2.75, 3.05) is 0 Å². The molecule has 2 aromatic carbocycles. The predicted octanol–water partition coefficient (Wildman–Crippen LogP) is 6.97. The number of unbranched alkanes of at least 4 members (excludes halogenated alkanes) is 4. The average molecular weight is 435 g/mol. The van der Waals surface area contributed by atoms with Gasteiger partial charge >= 0.3 is 5.97 Å². The Hall–Kier alpha value is -3.08. The lowest BCUT2D eigenvalue weighted by atomic mass is 10.1. The van der Waals surface area contributed by atoms with Crippen LogP contribution in [0.15, 0.2) is 54.9 Å².